The highest BCUT2D eigenvalue weighted by Gasteiger charge is 2.19. The first kappa shape index (κ1) is 18.2. The molecular weight excluding hydrogens is 364 g/mol. The topological polar surface area (TPSA) is 105 Å². The largest absolute Gasteiger partial charge is 0.451 e. The first-order valence-electron chi connectivity index (χ1n) is 7.93. The molecular formula is C19H14N4O3S. The van der Waals surface area contributed by atoms with Crippen molar-refractivity contribution in [2.24, 2.45) is 0 Å². The van der Waals surface area contributed by atoms with E-state index in [1.165, 1.54) is 17.4 Å². The third kappa shape index (κ3) is 4.54. The van der Waals surface area contributed by atoms with Gasteiger partial charge in [-0.2, -0.15) is 5.26 Å². The molecule has 1 aromatic carbocycles. The Balaban J connectivity index is 1.61. The second kappa shape index (κ2) is 8.21. The Hall–Kier alpha value is -3.57. The molecule has 0 radical (unpaired) electrons. The maximum absolute atomic E-state index is 12.3. The lowest BCUT2D eigenvalue weighted by atomic mass is 10.2. The van der Waals surface area contributed by atoms with Crippen LogP contribution in [0.15, 0.2) is 48.7 Å². The van der Waals surface area contributed by atoms with E-state index in [9.17, 15) is 9.59 Å². The van der Waals surface area contributed by atoms with Crippen LogP contribution in [0.5, 0.6) is 0 Å². The van der Waals surface area contributed by atoms with Crippen LogP contribution in [-0.2, 0) is 9.53 Å². The average Bonchev–Trinajstić information content (AvgIpc) is 3.09. The second-order valence-corrected chi connectivity index (χ2v) is 6.46. The van der Waals surface area contributed by atoms with Crippen molar-refractivity contribution < 1.29 is 14.3 Å². The fourth-order valence-corrected chi connectivity index (χ4v) is 3.18. The number of carbonyl (C=O) groups excluding carboxylic acids is 2. The van der Waals surface area contributed by atoms with Gasteiger partial charge in [0.15, 0.2) is 6.61 Å². The molecule has 0 spiro atoms. The molecule has 8 heteroatoms. The van der Waals surface area contributed by atoms with Crippen molar-refractivity contribution in [3.63, 3.8) is 0 Å². The Morgan fingerprint density at radius 1 is 1.26 bits per heavy atom. The molecule has 2 aromatic heterocycles. The number of ether oxygens (including phenoxy) is 1. The Labute approximate surface area is 159 Å². The summed E-state index contributed by atoms with van der Waals surface area (Å²) >= 11 is 1.17. The highest BCUT2D eigenvalue weighted by atomic mass is 32.1. The number of carbonyl (C=O) groups is 2. The lowest BCUT2D eigenvalue weighted by Crippen LogP contribution is -2.20. The van der Waals surface area contributed by atoms with E-state index in [-0.39, 0.29) is 0 Å². The summed E-state index contributed by atoms with van der Waals surface area (Å²) in [5.41, 5.74) is 2.07. The van der Waals surface area contributed by atoms with Gasteiger partial charge in [0.2, 0.25) is 0 Å². The predicted octanol–water partition coefficient (Wildman–Crippen LogP) is 3.18. The van der Waals surface area contributed by atoms with E-state index < -0.39 is 18.5 Å². The number of aryl methyl sites for hydroxylation is 1. The average molecular weight is 378 g/mol. The van der Waals surface area contributed by atoms with Crippen molar-refractivity contribution in [1.29, 1.82) is 5.26 Å². The molecule has 0 unspecified atom stereocenters. The van der Waals surface area contributed by atoms with Gasteiger partial charge in [-0.15, -0.1) is 11.3 Å². The molecule has 0 atom stereocenters. The van der Waals surface area contributed by atoms with Gasteiger partial charge in [0.05, 0.1) is 23.0 Å². The number of nitriles is 1. The van der Waals surface area contributed by atoms with Gasteiger partial charge in [-0.25, -0.2) is 9.78 Å². The summed E-state index contributed by atoms with van der Waals surface area (Å²) in [5.74, 6) is -1.11. The van der Waals surface area contributed by atoms with Crippen molar-refractivity contribution in [3.8, 4) is 16.8 Å². The third-order valence-corrected chi connectivity index (χ3v) is 4.64. The van der Waals surface area contributed by atoms with Gasteiger partial charge in [-0.05, 0) is 37.3 Å². The highest BCUT2D eigenvalue weighted by Crippen LogP contribution is 2.26. The van der Waals surface area contributed by atoms with Crippen molar-refractivity contribution in [2.75, 3.05) is 11.9 Å². The molecule has 2 heterocycles. The minimum atomic E-state index is -0.617. The zero-order valence-electron chi connectivity index (χ0n) is 14.3. The van der Waals surface area contributed by atoms with Crippen molar-refractivity contribution in [1.82, 2.24) is 9.97 Å². The van der Waals surface area contributed by atoms with Crippen molar-refractivity contribution in [3.05, 3.63) is 64.8 Å². The minimum Gasteiger partial charge on any atom is -0.451 e. The molecule has 7 nitrogen and oxygen atoms in total. The molecule has 1 N–H and O–H groups in total. The van der Waals surface area contributed by atoms with E-state index in [2.05, 4.69) is 15.3 Å². The number of hydrogen-bond acceptors (Lipinski definition) is 7. The fraction of sp³-hybridized carbons (Fsp3) is 0.105. The van der Waals surface area contributed by atoms with Crippen LogP contribution in [0.1, 0.15) is 20.9 Å². The summed E-state index contributed by atoms with van der Waals surface area (Å²) in [4.78, 5) is 33.1. The van der Waals surface area contributed by atoms with Gasteiger partial charge in [-0.1, -0.05) is 12.1 Å². The van der Waals surface area contributed by atoms with Crippen molar-refractivity contribution in [2.45, 2.75) is 6.92 Å². The standard InChI is InChI=1S/C19H14N4O3S/c1-12-17(27-18(22-12)15-7-2-3-8-21-15)19(25)26-11-16(24)23-14-6-4-5-13(9-14)10-20/h2-9H,11H2,1H3,(H,23,24). The van der Waals surface area contributed by atoms with Crippen LogP contribution in [0.25, 0.3) is 10.7 Å². The summed E-state index contributed by atoms with van der Waals surface area (Å²) in [6.07, 6.45) is 1.65. The number of nitrogens with zero attached hydrogens (tertiary/aromatic N) is 3. The monoisotopic (exact) mass is 378 g/mol. The Bertz CT molecular complexity index is 1020. The SMILES string of the molecule is Cc1nc(-c2ccccn2)sc1C(=O)OCC(=O)Nc1cccc(C#N)c1. The van der Waals surface area contributed by atoms with Crippen LogP contribution < -0.4 is 5.32 Å². The number of thiazole rings is 1. The molecule has 0 aliphatic heterocycles. The number of amides is 1. The van der Waals surface area contributed by atoms with E-state index >= 15 is 0 Å². The van der Waals surface area contributed by atoms with E-state index in [0.29, 0.717) is 32.5 Å². The van der Waals surface area contributed by atoms with Crippen LogP contribution in [0.3, 0.4) is 0 Å². The smallest absolute Gasteiger partial charge is 0.350 e. The summed E-state index contributed by atoms with van der Waals surface area (Å²) in [6, 6.07) is 13.9. The summed E-state index contributed by atoms with van der Waals surface area (Å²) in [6.45, 7) is 1.26. The maximum atomic E-state index is 12.3. The van der Waals surface area contributed by atoms with Gasteiger partial charge in [0, 0.05) is 11.9 Å². The predicted molar refractivity (Wildman–Crippen MR) is 100 cm³/mol. The molecule has 0 saturated carbocycles. The molecule has 0 bridgehead atoms. The van der Waals surface area contributed by atoms with E-state index in [1.54, 1.807) is 43.5 Å². The molecule has 27 heavy (non-hydrogen) atoms. The van der Waals surface area contributed by atoms with Gasteiger partial charge >= 0.3 is 5.97 Å². The molecule has 0 aliphatic rings. The number of aromatic nitrogens is 2. The lowest BCUT2D eigenvalue weighted by Gasteiger charge is -2.06. The van der Waals surface area contributed by atoms with Gasteiger partial charge < -0.3 is 10.1 Å². The molecule has 1 amide bonds. The van der Waals surface area contributed by atoms with Gasteiger partial charge in [0.1, 0.15) is 9.88 Å². The first-order valence-corrected chi connectivity index (χ1v) is 8.74. The number of pyridine rings is 1. The number of rotatable bonds is 5. The normalized spacial score (nSPS) is 10.1. The number of esters is 1. The van der Waals surface area contributed by atoms with E-state index in [4.69, 9.17) is 10.00 Å². The van der Waals surface area contributed by atoms with Crippen LogP contribution in [0.2, 0.25) is 0 Å². The zero-order valence-corrected chi connectivity index (χ0v) is 15.1. The minimum absolute atomic E-state index is 0.329. The van der Waals surface area contributed by atoms with Crippen LogP contribution in [0, 0.1) is 18.3 Å². The van der Waals surface area contributed by atoms with Gasteiger partial charge in [-0.3, -0.25) is 9.78 Å². The Morgan fingerprint density at radius 2 is 2.11 bits per heavy atom. The second-order valence-electron chi connectivity index (χ2n) is 5.47. The zero-order chi connectivity index (χ0) is 19.2. The first-order chi connectivity index (χ1) is 13.1. The van der Waals surface area contributed by atoms with Crippen LogP contribution >= 0.6 is 11.3 Å². The molecule has 3 rings (SSSR count). The molecule has 3 aromatic rings. The third-order valence-electron chi connectivity index (χ3n) is 3.48. The van der Waals surface area contributed by atoms with Crippen LogP contribution in [-0.4, -0.2) is 28.5 Å². The quantitative estimate of drug-likeness (QED) is 0.684. The number of anilines is 1. The summed E-state index contributed by atoms with van der Waals surface area (Å²) in [7, 11) is 0. The molecule has 0 fully saturated rings. The van der Waals surface area contributed by atoms with Gasteiger partial charge in [0.25, 0.3) is 5.91 Å². The summed E-state index contributed by atoms with van der Waals surface area (Å²) in [5, 5.41) is 12.1. The van der Waals surface area contributed by atoms with E-state index in [0.717, 1.165) is 0 Å². The number of nitrogens with one attached hydrogen (secondary N) is 1. The molecule has 134 valence electrons. The Kier molecular flexibility index (Phi) is 5.54. The highest BCUT2D eigenvalue weighted by molar-refractivity contribution is 7.17. The summed E-state index contributed by atoms with van der Waals surface area (Å²) < 4.78 is 5.08. The molecule has 0 saturated heterocycles. The van der Waals surface area contributed by atoms with Crippen molar-refractivity contribution >= 4 is 28.9 Å². The maximum Gasteiger partial charge on any atom is 0.350 e. The number of benzene rings is 1. The number of hydrogen-bond donors (Lipinski definition) is 1. The Morgan fingerprint density at radius 3 is 2.85 bits per heavy atom. The fourth-order valence-electron chi connectivity index (χ4n) is 2.24. The molecule has 0 aliphatic carbocycles. The van der Waals surface area contributed by atoms with Crippen LogP contribution in [0.4, 0.5) is 5.69 Å². The lowest BCUT2D eigenvalue weighted by molar-refractivity contribution is -0.119. The van der Waals surface area contributed by atoms with E-state index in [1.807, 2.05) is 12.1 Å².